The first kappa shape index (κ1) is 16.5. The SMILES string of the molecule is Cc1c[nH]c2nccc(N3C=C(C(=O)N[C@H]4CC[C@H](N)C4)SCC3)c12. The summed E-state index contributed by atoms with van der Waals surface area (Å²) < 4.78 is 0. The van der Waals surface area contributed by atoms with E-state index in [9.17, 15) is 4.79 Å². The Morgan fingerprint density at radius 3 is 3.16 bits per heavy atom. The van der Waals surface area contributed by atoms with Gasteiger partial charge in [0.15, 0.2) is 0 Å². The van der Waals surface area contributed by atoms with Gasteiger partial charge < -0.3 is 20.9 Å². The van der Waals surface area contributed by atoms with E-state index in [1.54, 1.807) is 11.8 Å². The van der Waals surface area contributed by atoms with E-state index in [4.69, 9.17) is 5.73 Å². The molecule has 0 radical (unpaired) electrons. The number of thioether (sulfide) groups is 1. The Morgan fingerprint density at radius 2 is 2.36 bits per heavy atom. The molecule has 1 aliphatic heterocycles. The summed E-state index contributed by atoms with van der Waals surface area (Å²) in [6.45, 7) is 2.95. The van der Waals surface area contributed by atoms with Gasteiger partial charge in [0.2, 0.25) is 0 Å². The van der Waals surface area contributed by atoms with Crippen LogP contribution < -0.4 is 16.0 Å². The molecule has 1 aliphatic carbocycles. The van der Waals surface area contributed by atoms with Gasteiger partial charge in [-0.1, -0.05) is 0 Å². The number of amides is 1. The molecule has 7 heteroatoms. The van der Waals surface area contributed by atoms with Crippen molar-refractivity contribution in [1.29, 1.82) is 0 Å². The standard InChI is InChI=1S/C18H23N5OS/c1-11-9-21-17-16(11)14(4-5-20-17)23-6-7-25-15(10-23)18(24)22-13-3-2-12(19)8-13/h4-5,9-10,12-13H,2-3,6-8,19H2,1H3,(H,20,21)(H,22,24)/t12-,13-/m0/s1. The molecule has 2 atom stereocenters. The van der Waals surface area contributed by atoms with Gasteiger partial charge in [-0.05, 0) is 37.8 Å². The van der Waals surface area contributed by atoms with E-state index >= 15 is 0 Å². The second-order valence-electron chi connectivity index (χ2n) is 6.80. The number of carbonyl (C=O) groups excluding carboxylic acids is 1. The fourth-order valence-corrected chi connectivity index (χ4v) is 4.55. The molecule has 0 bridgehead atoms. The van der Waals surface area contributed by atoms with Crippen LogP contribution in [0.2, 0.25) is 0 Å². The predicted molar refractivity (Wildman–Crippen MR) is 102 cm³/mol. The van der Waals surface area contributed by atoms with Gasteiger partial charge in [-0.2, -0.15) is 0 Å². The molecule has 1 saturated carbocycles. The first-order chi connectivity index (χ1) is 12.1. The highest BCUT2D eigenvalue weighted by Gasteiger charge is 2.26. The highest BCUT2D eigenvalue weighted by Crippen LogP contribution is 2.32. The number of aromatic nitrogens is 2. The van der Waals surface area contributed by atoms with Crippen molar-refractivity contribution in [2.24, 2.45) is 5.73 Å². The number of pyridine rings is 1. The molecule has 2 aromatic rings. The van der Waals surface area contributed by atoms with Crippen LogP contribution in [0, 0.1) is 6.92 Å². The number of nitrogens with zero attached hydrogens (tertiary/aromatic N) is 2. The van der Waals surface area contributed by atoms with E-state index in [1.165, 1.54) is 0 Å². The third kappa shape index (κ3) is 3.26. The molecule has 25 heavy (non-hydrogen) atoms. The number of H-pyrrole nitrogens is 1. The lowest BCUT2D eigenvalue weighted by Gasteiger charge is -2.27. The number of nitrogens with two attached hydrogens (primary N) is 1. The zero-order valence-electron chi connectivity index (χ0n) is 14.3. The maximum Gasteiger partial charge on any atom is 0.259 e. The molecule has 0 spiro atoms. The van der Waals surface area contributed by atoms with E-state index in [-0.39, 0.29) is 18.0 Å². The number of anilines is 1. The Kier molecular flexibility index (Phi) is 4.43. The Labute approximate surface area is 151 Å². The number of nitrogens with one attached hydrogen (secondary N) is 2. The minimum Gasteiger partial charge on any atom is -0.349 e. The molecule has 2 aliphatic rings. The van der Waals surface area contributed by atoms with Crippen molar-refractivity contribution in [2.45, 2.75) is 38.3 Å². The molecule has 1 amide bonds. The molecule has 6 nitrogen and oxygen atoms in total. The van der Waals surface area contributed by atoms with Gasteiger partial charge in [0.1, 0.15) is 5.65 Å². The summed E-state index contributed by atoms with van der Waals surface area (Å²) in [5, 5.41) is 4.26. The summed E-state index contributed by atoms with van der Waals surface area (Å²) in [7, 11) is 0. The van der Waals surface area contributed by atoms with Crippen molar-refractivity contribution in [3.8, 4) is 0 Å². The number of rotatable bonds is 3. The van der Waals surface area contributed by atoms with Crippen molar-refractivity contribution < 1.29 is 4.79 Å². The molecular formula is C18H23N5OS. The molecule has 132 valence electrons. The molecule has 4 N–H and O–H groups in total. The van der Waals surface area contributed by atoms with Crippen LogP contribution in [0.4, 0.5) is 5.69 Å². The molecule has 0 unspecified atom stereocenters. The van der Waals surface area contributed by atoms with Crippen LogP contribution in [0.3, 0.4) is 0 Å². The molecule has 2 aromatic heterocycles. The van der Waals surface area contributed by atoms with Crippen LogP contribution >= 0.6 is 11.8 Å². The van der Waals surface area contributed by atoms with Crippen LogP contribution in [0.1, 0.15) is 24.8 Å². The van der Waals surface area contributed by atoms with E-state index in [2.05, 4.69) is 27.1 Å². The zero-order valence-corrected chi connectivity index (χ0v) is 15.1. The maximum absolute atomic E-state index is 12.6. The first-order valence-electron chi connectivity index (χ1n) is 8.72. The average Bonchev–Trinajstić information content (AvgIpc) is 3.21. The van der Waals surface area contributed by atoms with Crippen LogP contribution in [-0.4, -0.2) is 40.3 Å². The van der Waals surface area contributed by atoms with Crippen LogP contribution in [0.5, 0.6) is 0 Å². The van der Waals surface area contributed by atoms with Crippen molar-refractivity contribution in [3.63, 3.8) is 0 Å². The summed E-state index contributed by atoms with van der Waals surface area (Å²) in [6.07, 6.45) is 8.59. The molecular weight excluding hydrogens is 334 g/mol. The average molecular weight is 357 g/mol. The molecule has 3 heterocycles. The van der Waals surface area contributed by atoms with Crippen molar-refractivity contribution in [1.82, 2.24) is 15.3 Å². The number of aryl methyl sites for hydroxylation is 1. The van der Waals surface area contributed by atoms with Crippen LogP contribution in [0.25, 0.3) is 11.0 Å². The Balaban J connectivity index is 1.57. The monoisotopic (exact) mass is 357 g/mol. The van der Waals surface area contributed by atoms with Gasteiger partial charge >= 0.3 is 0 Å². The molecule has 0 aromatic carbocycles. The van der Waals surface area contributed by atoms with Crippen molar-refractivity contribution in [3.05, 3.63) is 35.1 Å². The normalized spacial score (nSPS) is 23.8. The highest BCUT2D eigenvalue weighted by atomic mass is 32.2. The van der Waals surface area contributed by atoms with E-state index in [0.717, 1.165) is 58.7 Å². The van der Waals surface area contributed by atoms with Gasteiger partial charge in [0, 0.05) is 48.4 Å². The Morgan fingerprint density at radius 1 is 1.48 bits per heavy atom. The lowest BCUT2D eigenvalue weighted by atomic mass is 10.2. The number of aromatic amines is 1. The quantitative estimate of drug-likeness (QED) is 0.784. The molecule has 1 fully saturated rings. The summed E-state index contributed by atoms with van der Waals surface area (Å²) in [6, 6.07) is 2.44. The number of hydrogen-bond donors (Lipinski definition) is 3. The summed E-state index contributed by atoms with van der Waals surface area (Å²) in [5.74, 6) is 0.904. The third-order valence-electron chi connectivity index (χ3n) is 4.95. The van der Waals surface area contributed by atoms with Gasteiger partial charge in [-0.25, -0.2) is 4.98 Å². The number of hydrogen-bond acceptors (Lipinski definition) is 5. The smallest absolute Gasteiger partial charge is 0.259 e. The number of fused-ring (bicyclic) bond motifs is 1. The second kappa shape index (κ2) is 6.72. The summed E-state index contributed by atoms with van der Waals surface area (Å²) in [5.41, 5.74) is 9.09. The highest BCUT2D eigenvalue weighted by molar-refractivity contribution is 8.04. The van der Waals surface area contributed by atoms with Gasteiger partial charge in [0.25, 0.3) is 5.91 Å². The second-order valence-corrected chi connectivity index (χ2v) is 7.94. The van der Waals surface area contributed by atoms with Crippen LogP contribution in [0.15, 0.2) is 29.6 Å². The van der Waals surface area contributed by atoms with Crippen LogP contribution in [-0.2, 0) is 4.79 Å². The summed E-state index contributed by atoms with van der Waals surface area (Å²) in [4.78, 5) is 23.2. The van der Waals surface area contributed by atoms with E-state index in [1.807, 2.05) is 24.7 Å². The fourth-order valence-electron chi connectivity index (χ4n) is 3.65. The van der Waals surface area contributed by atoms with E-state index in [0.29, 0.717) is 0 Å². The predicted octanol–water partition coefficient (Wildman–Crippen LogP) is 2.26. The number of carbonyl (C=O) groups is 1. The minimum atomic E-state index is 0.0184. The third-order valence-corrected chi connectivity index (χ3v) is 5.94. The largest absolute Gasteiger partial charge is 0.349 e. The lowest BCUT2D eigenvalue weighted by molar-refractivity contribution is -0.117. The van der Waals surface area contributed by atoms with Gasteiger partial charge in [-0.3, -0.25) is 4.79 Å². The first-order valence-corrected chi connectivity index (χ1v) is 9.71. The van der Waals surface area contributed by atoms with E-state index < -0.39 is 0 Å². The Hall–Kier alpha value is -1.99. The van der Waals surface area contributed by atoms with Gasteiger partial charge in [0.05, 0.1) is 10.6 Å². The summed E-state index contributed by atoms with van der Waals surface area (Å²) >= 11 is 1.62. The fraction of sp³-hybridized carbons (Fsp3) is 0.444. The molecule has 0 saturated heterocycles. The molecule has 4 rings (SSSR count). The van der Waals surface area contributed by atoms with Crippen molar-refractivity contribution >= 4 is 34.4 Å². The van der Waals surface area contributed by atoms with Gasteiger partial charge in [-0.15, -0.1) is 11.8 Å². The minimum absolute atomic E-state index is 0.0184. The lowest BCUT2D eigenvalue weighted by Crippen LogP contribution is -2.36. The maximum atomic E-state index is 12.6. The topological polar surface area (TPSA) is 87.0 Å². The Bertz CT molecular complexity index is 830. The van der Waals surface area contributed by atoms with Crippen molar-refractivity contribution in [2.75, 3.05) is 17.2 Å². The zero-order chi connectivity index (χ0) is 17.4.